The maximum absolute atomic E-state index is 12.1. The Kier molecular flexibility index (Phi) is 7.57. The zero-order valence-electron chi connectivity index (χ0n) is 14.3. The second-order valence-corrected chi connectivity index (χ2v) is 6.24. The van der Waals surface area contributed by atoms with Crippen LogP contribution in [0.2, 0.25) is 0 Å². The first-order valence-corrected chi connectivity index (χ1v) is 9.14. The van der Waals surface area contributed by atoms with Gasteiger partial charge in [-0.1, -0.05) is 18.2 Å². The molecule has 0 aliphatic heterocycles. The summed E-state index contributed by atoms with van der Waals surface area (Å²) < 4.78 is 0. The fourth-order valence-electron chi connectivity index (χ4n) is 2.21. The Labute approximate surface area is 156 Å². The average Bonchev–Trinajstić information content (AvgIpc) is 3.18. The van der Waals surface area contributed by atoms with E-state index < -0.39 is 0 Å². The number of nitrogens with one attached hydrogen (secondary N) is 3. The molecule has 3 N–H and O–H groups in total. The van der Waals surface area contributed by atoms with Crippen molar-refractivity contribution in [3.8, 4) is 0 Å². The van der Waals surface area contributed by atoms with Crippen LogP contribution in [0.5, 0.6) is 0 Å². The van der Waals surface area contributed by atoms with Gasteiger partial charge in [0.1, 0.15) is 0 Å². The highest BCUT2D eigenvalue weighted by molar-refractivity contribution is 7.08. The second kappa shape index (κ2) is 10.1. The van der Waals surface area contributed by atoms with Crippen molar-refractivity contribution in [2.45, 2.75) is 12.8 Å². The Morgan fingerprint density at radius 3 is 2.62 bits per heavy atom. The van der Waals surface area contributed by atoms with Gasteiger partial charge < -0.3 is 16.0 Å². The molecule has 1 heterocycles. The van der Waals surface area contributed by atoms with Gasteiger partial charge in [0.2, 0.25) is 5.91 Å². The lowest BCUT2D eigenvalue weighted by atomic mass is 10.1. The molecule has 0 radical (unpaired) electrons. The quantitative estimate of drug-likeness (QED) is 0.468. The van der Waals surface area contributed by atoms with Crippen LogP contribution in [0.15, 0.2) is 53.7 Å². The predicted octanol–water partition coefficient (Wildman–Crippen LogP) is 2.81. The predicted molar refractivity (Wildman–Crippen MR) is 103 cm³/mol. The Morgan fingerprint density at radius 1 is 1.08 bits per heavy atom. The van der Waals surface area contributed by atoms with Gasteiger partial charge in [0.05, 0.1) is 11.3 Å². The summed E-state index contributed by atoms with van der Waals surface area (Å²) in [5.41, 5.74) is 1.48. The number of rotatable bonds is 9. The summed E-state index contributed by atoms with van der Waals surface area (Å²) in [5, 5.41) is 11.8. The van der Waals surface area contributed by atoms with E-state index >= 15 is 0 Å². The molecule has 1 aromatic carbocycles. The fraction of sp³-hybridized carbons (Fsp3) is 0.211. The van der Waals surface area contributed by atoms with Crippen molar-refractivity contribution in [2.75, 3.05) is 18.4 Å². The lowest BCUT2D eigenvalue weighted by Crippen LogP contribution is -2.26. The third-order valence-corrected chi connectivity index (χ3v) is 4.19. The van der Waals surface area contributed by atoms with Gasteiger partial charge in [-0.15, -0.1) is 6.58 Å². The highest BCUT2D eigenvalue weighted by atomic mass is 32.1. The minimum absolute atomic E-state index is 0.143. The highest BCUT2D eigenvalue weighted by Gasteiger charge is 2.12. The van der Waals surface area contributed by atoms with E-state index in [1.807, 2.05) is 5.38 Å². The number of hydrogen-bond acceptors (Lipinski definition) is 4. The highest BCUT2D eigenvalue weighted by Crippen LogP contribution is 2.15. The van der Waals surface area contributed by atoms with Gasteiger partial charge in [0.25, 0.3) is 11.8 Å². The molecule has 0 unspecified atom stereocenters. The molecule has 0 saturated heterocycles. The van der Waals surface area contributed by atoms with Crippen LogP contribution < -0.4 is 16.0 Å². The summed E-state index contributed by atoms with van der Waals surface area (Å²) in [4.78, 5) is 36.0. The molecule has 6 nitrogen and oxygen atoms in total. The van der Waals surface area contributed by atoms with Crippen molar-refractivity contribution in [1.82, 2.24) is 10.6 Å². The normalized spacial score (nSPS) is 10.0. The molecule has 3 amide bonds. The molecule has 1 aromatic heterocycles. The van der Waals surface area contributed by atoms with E-state index in [0.717, 1.165) is 0 Å². The van der Waals surface area contributed by atoms with Crippen molar-refractivity contribution in [3.05, 3.63) is 64.9 Å². The smallest absolute Gasteiger partial charge is 0.253 e. The molecular weight excluding hydrogens is 350 g/mol. The van der Waals surface area contributed by atoms with Gasteiger partial charge >= 0.3 is 0 Å². The van der Waals surface area contributed by atoms with Gasteiger partial charge in [-0.2, -0.15) is 11.3 Å². The summed E-state index contributed by atoms with van der Waals surface area (Å²) in [6, 6.07) is 8.56. The van der Waals surface area contributed by atoms with E-state index in [2.05, 4.69) is 22.5 Å². The number of amides is 3. The van der Waals surface area contributed by atoms with Crippen LogP contribution in [0, 0.1) is 0 Å². The molecule has 0 fully saturated rings. The third kappa shape index (κ3) is 5.86. The zero-order chi connectivity index (χ0) is 18.8. The van der Waals surface area contributed by atoms with Gasteiger partial charge in [-0.05, 0) is 30.0 Å². The Bertz CT molecular complexity index is 772. The Hall–Kier alpha value is -2.93. The maximum atomic E-state index is 12.1. The second-order valence-electron chi connectivity index (χ2n) is 5.46. The lowest BCUT2D eigenvalue weighted by molar-refractivity contribution is -0.116. The molecule has 0 atom stereocenters. The van der Waals surface area contributed by atoms with E-state index in [4.69, 9.17) is 0 Å². The molecule has 26 heavy (non-hydrogen) atoms. The number of para-hydroxylation sites is 1. The number of anilines is 1. The SMILES string of the molecule is C=CCNC(=O)c1ccccc1NC(=O)CCCNC(=O)c1ccsc1. The third-order valence-electron chi connectivity index (χ3n) is 3.50. The molecule has 0 spiro atoms. The first-order valence-electron chi connectivity index (χ1n) is 8.20. The Balaban J connectivity index is 1.79. The fourth-order valence-corrected chi connectivity index (χ4v) is 2.85. The molecule has 0 aliphatic rings. The van der Waals surface area contributed by atoms with Crippen LogP contribution in [0.3, 0.4) is 0 Å². The minimum atomic E-state index is -0.274. The van der Waals surface area contributed by atoms with E-state index in [0.29, 0.717) is 36.3 Å². The topological polar surface area (TPSA) is 87.3 Å². The molecule has 2 rings (SSSR count). The first kappa shape index (κ1) is 19.4. The molecule has 7 heteroatoms. The van der Waals surface area contributed by atoms with Crippen LogP contribution in [-0.2, 0) is 4.79 Å². The molecular formula is C19H21N3O3S. The Morgan fingerprint density at radius 2 is 1.88 bits per heavy atom. The standard InChI is InChI=1S/C19H21N3O3S/c1-2-10-20-19(25)15-6-3-4-7-16(15)22-17(23)8-5-11-21-18(24)14-9-12-26-13-14/h2-4,6-7,9,12-13H,1,5,8,10-11H2,(H,20,25)(H,21,24)(H,22,23). The molecule has 0 aliphatic carbocycles. The van der Waals surface area contributed by atoms with Crippen LogP contribution in [0.1, 0.15) is 33.6 Å². The van der Waals surface area contributed by atoms with Crippen LogP contribution >= 0.6 is 11.3 Å². The largest absolute Gasteiger partial charge is 0.352 e. The molecule has 0 bridgehead atoms. The van der Waals surface area contributed by atoms with Crippen molar-refractivity contribution in [2.24, 2.45) is 0 Å². The number of carbonyl (C=O) groups is 3. The van der Waals surface area contributed by atoms with Crippen molar-refractivity contribution < 1.29 is 14.4 Å². The summed E-state index contributed by atoms with van der Waals surface area (Å²) in [5.74, 6) is -0.626. The maximum Gasteiger partial charge on any atom is 0.253 e. The van der Waals surface area contributed by atoms with E-state index in [1.165, 1.54) is 11.3 Å². The monoisotopic (exact) mass is 371 g/mol. The van der Waals surface area contributed by atoms with E-state index in [-0.39, 0.29) is 24.1 Å². The first-order chi connectivity index (χ1) is 12.6. The lowest BCUT2D eigenvalue weighted by Gasteiger charge is -2.11. The zero-order valence-corrected chi connectivity index (χ0v) is 15.1. The van der Waals surface area contributed by atoms with Crippen molar-refractivity contribution in [1.29, 1.82) is 0 Å². The summed E-state index contributed by atoms with van der Waals surface area (Å²) >= 11 is 1.46. The molecule has 2 aromatic rings. The van der Waals surface area contributed by atoms with Crippen molar-refractivity contribution >= 4 is 34.7 Å². The van der Waals surface area contributed by atoms with Crippen LogP contribution in [0.25, 0.3) is 0 Å². The number of carbonyl (C=O) groups excluding carboxylic acids is 3. The van der Waals surface area contributed by atoms with Crippen LogP contribution in [0.4, 0.5) is 5.69 Å². The number of benzene rings is 1. The summed E-state index contributed by atoms with van der Waals surface area (Å²) in [6.45, 7) is 4.31. The van der Waals surface area contributed by atoms with Crippen LogP contribution in [-0.4, -0.2) is 30.8 Å². The minimum Gasteiger partial charge on any atom is -0.352 e. The van der Waals surface area contributed by atoms with Gasteiger partial charge in [-0.25, -0.2) is 0 Å². The molecule has 136 valence electrons. The summed E-state index contributed by atoms with van der Waals surface area (Å²) in [7, 11) is 0. The number of hydrogen-bond donors (Lipinski definition) is 3. The number of thiophene rings is 1. The summed E-state index contributed by atoms with van der Waals surface area (Å²) in [6.07, 6.45) is 2.34. The van der Waals surface area contributed by atoms with Gasteiger partial charge in [0, 0.05) is 30.5 Å². The van der Waals surface area contributed by atoms with Gasteiger partial charge in [-0.3, -0.25) is 14.4 Å². The van der Waals surface area contributed by atoms with E-state index in [9.17, 15) is 14.4 Å². The molecule has 0 saturated carbocycles. The average molecular weight is 371 g/mol. The van der Waals surface area contributed by atoms with Crippen molar-refractivity contribution in [3.63, 3.8) is 0 Å². The van der Waals surface area contributed by atoms with E-state index in [1.54, 1.807) is 41.8 Å². The van der Waals surface area contributed by atoms with Gasteiger partial charge in [0.15, 0.2) is 0 Å².